The highest BCUT2D eigenvalue weighted by molar-refractivity contribution is 5.88. The number of anilines is 2. The monoisotopic (exact) mass is 551 g/mol. The van der Waals surface area contributed by atoms with Crippen molar-refractivity contribution in [2.24, 2.45) is 0 Å². The van der Waals surface area contributed by atoms with Gasteiger partial charge in [0.15, 0.2) is 0 Å². The van der Waals surface area contributed by atoms with Crippen molar-refractivity contribution in [2.75, 3.05) is 4.90 Å². The number of benzene rings is 6. The van der Waals surface area contributed by atoms with E-state index in [2.05, 4.69) is 181 Å². The van der Waals surface area contributed by atoms with Crippen LogP contribution in [0.25, 0.3) is 39.0 Å². The summed E-state index contributed by atoms with van der Waals surface area (Å²) in [6.45, 7) is 0. The molecule has 0 unspecified atom stereocenters. The minimum atomic E-state index is 0.997. The molecule has 43 heavy (non-hydrogen) atoms. The first kappa shape index (κ1) is 26.5. The molecule has 0 N–H and O–H groups in total. The molecule has 7 rings (SSSR count). The molecule has 1 aliphatic rings. The smallest absolute Gasteiger partial charge is 0.0539 e. The van der Waals surface area contributed by atoms with Crippen molar-refractivity contribution in [3.05, 3.63) is 187 Å². The molecule has 0 aromatic heterocycles. The van der Waals surface area contributed by atoms with Crippen molar-refractivity contribution in [3.63, 3.8) is 0 Å². The Morgan fingerprint density at radius 3 is 1.65 bits per heavy atom. The van der Waals surface area contributed by atoms with Gasteiger partial charge in [-0.2, -0.15) is 0 Å². The van der Waals surface area contributed by atoms with E-state index in [4.69, 9.17) is 0 Å². The Bertz CT molecular complexity index is 1900. The molecule has 0 radical (unpaired) electrons. The molecule has 6 aromatic carbocycles. The number of allylic oxidation sites excluding steroid dienone is 3. The first-order chi connectivity index (χ1) is 21.3. The van der Waals surface area contributed by atoms with Crippen LogP contribution in [0.4, 0.5) is 11.4 Å². The van der Waals surface area contributed by atoms with Crippen LogP contribution in [0, 0.1) is 0 Å². The Morgan fingerprint density at radius 1 is 0.419 bits per heavy atom. The van der Waals surface area contributed by atoms with Crippen LogP contribution in [-0.2, 0) is 0 Å². The van der Waals surface area contributed by atoms with Crippen LogP contribution < -0.4 is 4.90 Å². The van der Waals surface area contributed by atoms with Crippen LogP contribution in [0.1, 0.15) is 18.4 Å². The lowest BCUT2D eigenvalue weighted by molar-refractivity contribution is 1.01. The molecule has 1 aliphatic carbocycles. The summed E-state index contributed by atoms with van der Waals surface area (Å²) in [4.78, 5) is 2.44. The Labute approximate surface area is 254 Å². The molecule has 0 atom stereocenters. The second kappa shape index (κ2) is 12.2. The van der Waals surface area contributed by atoms with Crippen molar-refractivity contribution in [2.45, 2.75) is 12.8 Å². The van der Waals surface area contributed by atoms with E-state index < -0.39 is 0 Å². The van der Waals surface area contributed by atoms with E-state index in [0.29, 0.717) is 0 Å². The standard InChI is InChI=1S/C42H33N/c1-4-15-32(16-5-1)35-21-12-24-38(29-35)41-27-10-11-28-42(41)43(39-25-13-22-36(30-39)33-17-6-2-7-18-33)40-26-14-23-37(31-40)34-19-8-3-9-20-34/h1-13,15-22,24-31H,14,23H2. The predicted octanol–water partition coefficient (Wildman–Crippen LogP) is 11.6. The minimum Gasteiger partial charge on any atom is -0.310 e. The van der Waals surface area contributed by atoms with Gasteiger partial charge in [-0.15, -0.1) is 0 Å². The van der Waals surface area contributed by atoms with Crippen molar-refractivity contribution in [1.29, 1.82) is 0 Å². The van der Waals surface area contributed by atoms with Crippen molar-refractivity contribution in [3.8, 4) is 33.4 Å². The average Bonchev–Trinajstić information content (AvgIpc) is 3.10. The van der Waals surface area contributed by atoms with Crippen LogP contribution in [0.15, 0.2) is 182 Å². The van der Waals surface area contributed by atoms with Crippen LogP contribution in [0.3, 0.4) is 0 Å². The highest BCUT2D eigenvalue weighted by atomic mass is 15.1. The summed E-state index contributed by atoms with van der Waals surface area (Å²) in [6.07, 6.45) is 6.80. The first-order valence-corrected chi connectivity index (χ1v) is 15.0. The maximum Gasteiger partial charge on any atom is 0.0539 e. The van der Waals surface area contributed by atoms with Crippen molar-refractivity contribution >= 4 is 16.9 Å². The summed E-state index contributed by atoms with van der Waals surface area (Å²) in [7, 11) is 0. The molecule has 6 aromatic rings. The molecule has 0 saturated carbocycles. The molecular weight excluding hydrogens is 518 g/mol. The number of hydrogen-bond donors (Lipinski definition) is 0. The summed E-state index contributed by atoms with van der Waals surface area (Å²) in [5.41, 5.74) is 13.4. The summed E-state index contributed by atoms with van der Waals surface area (Å²) in [6, 6.07) is 58.7. The van der Waals surface area contributed by atoms with Crippen LogP contribution >= 0.6 is 0 Å². The van der Waals surface area contributed by atoms with E-state index in [1.165, 1.54) is 50.2 Å². The number of rotatable bonds is 7. The highest BCUT2D eigenvalue weighted by Crippen LogP contribution is 2.42. The Balaban J connectivity index is 1.39. The van der Waals surface area contributed by atoms with E-state index in [-0.39, 0.29) is 0 Å². The third-order valence-electron chi connectivity index (χ3n) is 8.13. The molecule has 0 bridgehead atoms. The van der Waals surface area contributed by atoms with Crippen LogP contribution in [0.5, 0.6) is 0 Å². The Hall–Kier alpha value is -5.40. The molecule has 1 nitrogen and oxygen atoms in total. The number of para-hydroxylation sites is 1. The van der Waals surface area contributed by atoms with Gasteiger partial charge in [-0.3, -0.25) is 0 Å². The zero-order valence-electron chi connectivity index (χ0n) is 24.1. The molecular formula is C42H33N. The topological polar surface area (TPSA) is 3.24 Å². The molecule has 0 aliphatic heterocycles. The van der Waals surface area contributed by atoms with Gasteiger partial charge in [-0.25, -0.2) is 0 Å². The van der Waals surface area contributed by atoms with Gasteiger partial charge in [-0.1, -0.05) is 146 Å². The number of nitrogens with zero attached hydrogens (tertiary/aromatic N) is 1. The molecule has 1 heteroatoms. The molecule has 0 heterocycles. The summed E-state index contributed by atoms with van der Waals surface area (Å²) >= 11 is 0. The van der Waals surface area contributed by atoms with Gasteiger partial charge in [-0.05, 0) is 82.1 Å². The van der Waals surface area contributed by atoms with Gasteiger partial charge in [0.1, 0.15) is 0 Å². The molecule has 0 fully saturated rings. The Kier molecular flexibility index (Phi) is 7.53. The van der Waals surface area contributed by atoms with Crippen LogP contribution in [-0.4, -0.2) is 0 Å². The summed E-state index contributed by atoms with van der Waals surface area (Å²) < 4.78 is 0. The second-order valence-electron chi connectivity index (χ2n) is 10.9. The number of hydrogen-bond acceptors (Lipinski definition) is 1. The minimum absolute atomic E-state index is 0.997. The molecule has 206 valence electrons. The average molecular weight is 552 g/mol. The summed E-state index contributed by atoms with van der Waals surface area (Å²) in [5.74, 6) is 0. The van der Waals surface area contributed by atoms with Gasteiger partial charge in [0.05, 0.1) is 5.69 Å². The fraction of sp³-hybridized carbons (Fsp3) is 0.0476. The van der Waals surface area contributed by atoms with Gasteiger partial charge < -0.3 is 4.90 Å². The van der Waals surface area contributed by atoms with Crippen LogP contribution in [0.2, 0.25) is 0 Å². The second-order valence-corrected chi connectivity index (χ2v) is 10.9. The van der Waals surface area contributed by atoms with E-state index in [1.807, 2.05) is 0 Å². The predicted molar refractivity (Wildman–Crippen MR) is 183 cm³/mol. The lowest BCUT2D eigenvalue weighted by Crippen LogP contribution is -2.18. The molecule has 0 amide bonds. The lowest BCUT2D eigenvalue weighted by atomic mass is 9.94. The van der Waals surface area contributed by atoms with Gasteiger partial charge in [0.2, 0.25) is 0 Å². The van der Waals surface area contributed by atoms with E-state index in [0.717, 1.165) is 24.2 Å². The normalized spacial score (nSPS) is 12.7. The Morgan fingerprint density at radius 2 is 0.953 bits per heavy atom. The van der Waals surface area contributed by atoms with E-state index in [1.54, 1.807) is 0 Å². The van der Waals surface area contributed by atoms with Crippen molar-refractivity contribution < 1.29 is 0 Å². The molecule has 0 saturated heterocycles. The maximum atomic E-state index is 2.44. The molecule has 0 spiro atoms. The lowest BCUT2D eigenvalue weighted by Gasteiger charge is -2.31. The zero-order chi connectivity index (χ0) is 28.8. The van der Waals surface area contributed by atoms with E-state index in [9.17, 15) is 0 Å². The fourth-order valence-corrected chi connectivity index (χ4v) is 6.01. The SMILES string of the molecule is C1=C(c2ccccc2)CCC=C1N(c1cccc(-c2ccccc2)c1)c1ccccc1-c1cccc(-c2ccccc2)c1. The quantitative estimate of drug-likeness (QED) is 0.191. The highest BCUT2D eigenvalue weighted by Gasteiger charge is 2.21. The zero-order valence-corrected chi connectivity index (χ0v) is 24.1. The fourth-order valence-electron chi connectivity index (χ4n) is 6.01. The van der Waals surface area contributed by atoms with E-state index >= 15 is 0 Å². The summed E-state index contributed by atoms with van der Waals surface area (Å²) in [5, 5.41) is 0. The maximum absolute atomic E-state index is 2.44. The third kappa shape index (κ3) is 5.71. The first-order valence-electron chi connectivity index (χ1n) is 15.0. The third-order valence-corrected chi connectivity index (χ3v) is 8.13. The van der Waals surface area contributed by atoms with Gasteiger partial charge >= 0.3 is 0 Å². The van der Waals surface area contributed by atoms with Gasteiger partial charge in [0, 0.05) is 16.9 Å². The largest absolute Gasteiger partial charge is 0.310 e. The van der Waals surface area contributed by atoms with Gasteiger partial charge in [0.25, 0.3) is 0 Å². The van der Waals surface area contributed by atoms with Crippen molar-refractivity contribution in [1.82, 2.24) is 0 Å².